The molecule has 0 saturated heterocycles. The third-order valence-electron chi connectivity index (χ3n) is 20.8. The van der Waals surface area contributed by atoms with Gasteiger partial charge in [-0.1, -0.05) is 269 Å². The highest BCUT2D eigenvalue weighted by atomic mass is 32.2. The van der Waals surface area contributed by atoms with E-state index in [0.29, 0.717) is 114 Å². The number of carbonyl (C=O) groups is 8. The number of ether oxygens (including phenoxy) is 8. The topological polar surface area (TPSA) is 249 Å². The van der Waals surface area contributed by atoms with Crippen molar-refractivity contribution in [1.29, 1.82) is 0 Å². The standard InChI is InChI=1S/C21H18O3.C16H16O4.C15H14O3.C14H12O2.C12H16O.C11H9NO3S.C11H18O.C10H12O/c22-14-19-11-20(23-15-17-7-3-1-4-8-17)13-21(12-19)24-16-18-9-5-2-6-10-18;1-18-15-8-13(10-17)14(9-16(15)19-2)20-11-12-6-4-3-5-7-12;1-17-14-9-5-8-13(10-16)15(14)18-11-12-6-3-2-4-7-12;15-10-13-7-4-8-14(9-13)16-11-12-5-2-1-3-6-12;1-2-3-4-5-11-6-8-12(10-13)9-7-11;13-9-10-5-4-8-12(10)16(14,15)11-6-2-1-3-7-11;1-9-5-4-7-11(2,3)10(9)6-8-12;1-7-4-5-10(6-11)9(3)8(7)2/h1-14H,15-16H2;3-10H,11H2,1-2H3;2-10H,11H2,1H3;1-10H,11H2;6-10H,2-5H2,1H3;1-9H;8H,4-7H2,1-3H3;4-6H,1-3H3. The Hall–Kier alpha value is -14.6. The van der Waals surface area contributed by atoms with Crippen LogP contribution in [0.2, 0.25) is 0 Å². The van der Waals surface area contributed by atoms with Crippen LogP contribution in [0.1, 0.15) is 195 Å². The van der Waals surface area contributed by atoms with E-state index in [0.717, 1.165) is 98.9 Å². The Labute approximate surface area is 764 Å². The van der Waals surface area contributed by atoms with Crippen molar-refractivity contribution in [2.24, 2.45) is 5.41 Å². The third-order valence-corrected chi connectivity index (χ3v) is 22.5. The lowest BCUT2D eigenvalue weighted by Gasteiger charge is -2.33. The van der Waals surface area contributed by atoms with Crippen LogP contribution < -0.4 is 37.9 Å². The van der Waals surface area contributed by atoms with E-state index in [-0.39, 0.29) is 16.0 Å². The number of unbranched alkanes of at least 4 members (excludes halogenated alkanes) is 2. The zero-order valence-corrected chi connectivity index (χ0v) is 76.3. The summed E-state index contributed by atoms with van der Waals surface area (Å²) in [6, 6.07) is 92.7. The van der Waals surface area contributed by atoms with Gasteiger partial charge < -0.3 is 42.7 Å². The van der Waals surface area contributed by atoms with Gasteiger partial charge in [0.1, 0.15) is 87.5 Å². The summed E-state index contributed by atoms with van der Waals surface area (Å²) in [5, 5.41) is 0. The number of aldehydes is 8. The quantitative estimate of drug-likeness (QED) is 0.0211. The first-order valence-electron chi connectivity index (χ1n) is 42.6. The molecule has 0 fully saturated rings. The highest BCUT2D eigenvalue weighted by Crippen LogP contribution is 2.41. The van der Waals surface area contributed by atoms with Gasteiger partial charge in [-0.15, -0.1) is 0 Å². The van der Waals surface area contributed by atoms with Crippen molar-refractivity contribution in [3.05, 3.63) is 410 Å². The zero-order chi connectivity index (χ0) is 93.7. The predicted octanol–water partition coefficient (Wildman–Crippen LogP) is 24.2. The Morgan fingerprint density at radius 2 is 0.838 bits per heavy atom. The van der Waals surface area contributed by atoms with E-state index in [1.807, 2.05) is 214 Å². The Morgan fingerprint density at radius 3 is 1.31 bits per heavy atom. The van der Waals surface area contributed by atoms with Gasteiger partial charge in [0.05, 0.1) is 43.0 Å². The first kappa shape index (κ1) is 102. The summed E-state index contributed by atoms with van der Waals surface area (Å²) in [6.45, 7) is 17.1. The van der Waals surface area contributed by atoms with Crippen LogP contribution in [0.5, 0.6) is 46.0 Å². The summed E-state index contributed by atoms with van der Waals surface area (Å²) in [6.07, 6.45) is 17.1. The summed E-state index contributed by atoms with van der Waals surface area (Å²) >= 11 is 0. The Balaban J connectivity index is 0.000000206. The van der Waals surface area contributed by atoms with Crippen LogP contribution >= 0.6 is 0 Å². The van der Waals surface area contributed by atoms with Gasteiger partial charge in [0.15, 0.2) is 41.9 Å². The van der Waals surface area contributed by atoms with Crippen molar-refractivity contribution in [2.45, 2.75) is 138 Å². The summed E-state index contributed by atoms with van der Waals surface area (Å²) in [5.41, 5.74) is 17.1. The Bertz CT molecular complexity index is 5720. The minimum absolute atomic E-state index is 0.115. The van der Waals surface area contributed by atoms with E-state index in [9.17, 15) is 46.8 Å². The van der Waals surface area contributed by atoms with Crippen LogP contribution in [0.25, 0.3) is 0 Å². The van der Waals surface area contributed by atoms with E-state index >= 15 is 0 Å². The monoisotopic (exact) mass is 1770 g/mol. The molecule has 1 heterocycles. The van der Waals surface area contributed by atoms with Crippen LogP contribution in [-0.2, 0) is 54.3 Å². The molecule has 0 bridgehead atoms. The van der Waals surface area contributed by atoms with Gasteiger partial charge in [-0.3, -0.25) is 33.6 Å². The summed E-state index contributed by atoms with van der Waals surface area (Å²) in [7, 11) is 0.968. The van der Waals surface area contributed by atoms with Crippen molar-refractivity contribution in [1.82, 2.24) is 3.97 Å². The highest BCUT2D eigenvalue weighted by Gasteiger charge is 2.28. The Morgan fingerprint density at radius 1 is 0.369 bits per heavy atom. The third kappa shape index (κ3) is 34.3. The van der Waals surface area contributed by atoms with Gasteiger partial charge in [-0.2, -0.15) is 0 Å². The molecule has 20 heteroatoms. The second kappa shape index (κ2) is 56.4. The number of rotatable bonds is 33. The van der Waals surface area contributed by atoms with Crippen molar-refractivity contribution >= 4 is 60.3 Å². The molecule has 0 unspecified atom stereocenters. The van der Waals surface area contributed by atoms with Crippen LogP contribution in [-0.4, -0.2) is 84.0 Å². The SMILES string of the molecule is CC1=C(CC=O)C(C)(C)CCC1.CCCCCc1ccc(C=O)cc1.COc1cc(C=O)c(OCc2ccccc2)cc1OC.COc1cccc(C=O)c1OCc1ccccc1.Cc1ccc(C=O)c(C)c1C.O=Cc1cc(OCc2ccccc2)cc(OCc2ccccc2)c1.O=Cc1cccc(OCc2ccccc2)c1.O=Cc1cccn1S(=O)(=O)c1ccccc1. The van der Waals surface area contributed by atoms with E-state index in [1.165, 1.54) is 104 Å². The molecular formula is C110H115NO18S. The molecule has 0 atom stereocenters. The van der Waals surface area contributed by atoms with Crippen LogP contribution in [0.15, 0.2) is 326 Å². The molecule has 19 nitrogen and oxygen atoms in total. The molecule has 0 amide bonds. The van der Waals surface area contributed by atoms with Crippen LogP contribution in [0.3, 0.4) is 0 Å². The molecule has 0 N–H and O–H groups in total. The number of aromatic nitrogens is 1. The van der Waals surface area contributed by atoms with E-state index in [1.54, 1.807) is 93.1 Å². The lowest BCUT2D eigenvalue weighted by molar-refractivity contribution is -0.107. The lowest BCUT2D eigenvalue weighted by Crippen LogP contribution is -2.20. The highest BCUT2D eigenvalue weighted by molar-refractivity contribution is 7.90. The first-order chi connectivity index (χ1) is 63.1. The molecule has 130 heavy (non-hydrogen) atoms. The molecule has 0 saturated carbocycles. The van der Waals surface area contributed by atoms with Gasteiger partial charge in [0.2, 0.25) is 0 Å². The van der Waals surface area contributed by atoms with E-state index in [2.05, 4.69) is 34.6 Å². The fourth-order valence-electron chi connectivity index (χ4n) is 13.3. The number of para-hydroxylation sites is 1. The molecule has 13 aromatic rings. The fraction of sp³-hybridized carbons (Fsp3) is 0.218. The molecule has 0 spiro atoms. The average Bonchev–Trinajstić information content (AvgIpc) is 1.68. The predicted molar refractivity (Wildman–Crippen MR) is 512 cm³/mol. The summed E-state index contributed by atoms with van der Waals surface area (Å²) in [4.78, 5) is 86.0. The molecule has 0 aliphatic heterocycles. The number of methoxy groups -OCH3 is 3. The number of allylic oxidation sites excluding steroid dienone is 2. The van der Waals surface area contributed by atoms with Gasteiger partial charge >= 0.3 is 0 Å². The van der Waals surface area contributed by atoms with E-state index in [4.69, 9.17) is 37.9 Å². The molecular weight excluding hydrogens is 1660 g/mol. The number of nitrogens with zero attached hydrogens (tertiary/aromatic N) is 1. The smallest absolute Gasteiger partial charge is 0.268 e. The molecule has 1 aliphatic rings. The molecule has 1 aromatic heterocycles. The van der Waals surface area contributed by atoms with Gasteiger partial charge in [-0.05, 0) is 182 Å². The summed E-state index contributed by atoms with van der Waals surface area (Å²) in [5.74, 6) is 4.50. The number of aryl methyl sites for hydroxylation is 2. The molecule has 1 aliphatic carbocycles. The molecule has 12 aromatic carbocycles. The maximum atomic E-state index is 12.1. The molecule has 674 valence electrons. The van der Waals surface area contributed by atoms with Crippen molar-refractivity contribution in [3.8, 4) is 46.0 Å². The fourth-order valence-corrected chi connectivity index (χ4v) is 14.6. The second-order valence-electron chi connectivity index (χ2n) is 30.5. The van der Waals surface area contributed by atoms with E-state index < -0.39 is 10.0 Å². The first-order valence-corrected chi connectivity index (χ1v) is 44.0. The number of carbonyl (C=O) groups excluding carboxylic acids is 8. The number of hydrogen-bond acceptors (Lipinski definition) is 18. The van der Waals surface area contributed by atoms with Crippen LogP contribution in [0.4, 0.5) is 0 Å². The zero-order valence-electron chi connectivity index (χ0n) is 75.5. The lowest BCUT2D eigenvalue weighted by atomic mass is 9.72. The maximum Gasteiger partial charge on any atom is 0.268 e. The van der Waals surface area contributed by atoms with Gasteiger partial charge in [-0.25, -0.2) is 12.4 Å². The minimum atomic E-state index is -3.65. The largest absolute Gasteiger partial charge is 0.493 e. The van der Waals surface area contributed by atoms with Crippen molar-refractivity contribution < 1.29 is 84.7 Å². The van der Waals surface area contributed by atoms with Crippen molar-refractivity contribution in [3.63, 3.8) is 0 Å². The van der Waals surface area contributed by atoms with Gasteiger partial charge in [0.25, 0.3) is 10.0 Å². The van der Waals surface area contributed by atoms with Gasteiger partial charge in [0, 0.05) is 47.0 Å². The number of hydrogen-bond donors (Lipinski definition) is 0. The molecule has 14 rings (SSSR count). The minimum Gasteiger partial charge on any atom is -0.493 e. The maximum absolute atomic E-state index is 12.1. The Kier molecular flexibility index (Phi) is 44.5. The number of benzene rings is 12. The van der Waals surface area contributed by atoms with Crippen LogP contribution in [0, 0.1) is 26.2 Å². The average molecular weight is 1770 g/mol. The second-order valence-corrected chi connectivity index (χ2v) is 32.3. The summed E-state index contributed by atoms with van der Waals surface area (Å²) < 4.78 is 69.2. The normalized spacial score (nSPS) is 11.2. The van der Waals surface area contributed by atoms with Crippen molar-refractivity contribution in [2.75, 3.05) is 21.3 Å². The molecule has 0 radical (unpaired) electrons.